The van der Waals surface area contributed by atoms with Crippen LogP contribution >= 0.6 is 11.3 Å². The molecule has 150 valence electrons. The molecule has 0 unspecified atom stereocenters. The second kappa shape index (κ2) is 7.76. The number of anilines is 1. The molecule has 4 rings (SSSR count). The van der Waals surface area contributed by atoms with Gasteiger partial charge in [-0.05, 0) is 35.7 Å². The number of nitro benzene ring substituents is 1. The number of aromatic nitrogens is 2. The summed E-state index contributed by atoms with van der Waals surface area (Å²) in [6.45, 7) is 0. The molecule has 1 amide bonds. The molecule has 10 heteroatoms. The molecule has 9 nitrogen and oxygen atoms in total. The molecule has 2 heterocycles. The van der Waals surface area contributed by atoms with E-state index in [1.165, 1.54) is 6.07 Å². The zero-order chi connectivity index (χ0) is 21.3. The number of methoxy groups -OCH3 is 1. The quantitative estimate of drug-likeness (QED) is 0.281. The van der Waals surface area contributed by atoms with Crippen LogP contribution in [0.25, 0.3) is 21.7 Å². The molecule has 0 saturated carbocycles. The SMILES string of the molecule is COC(=O)c1cc(C(=O)Nc2ccc3nc(-c4cccs4)[nH]c3c2)cc([N+](=O)[O-])c1. The second-order valence-corrected chi connectivity index (χ2v) is 7.21. The van der Waals surface area contributed by atoms with Crippen LogP contribution in [-0.2, 0) is 4.74 Å². The summed E-state index contributed by atoms with van der Waals surface area (Å²) in [7, 11) is 1.16. The van der Waals surface area contributed by atoms with E-state index in [4.69, 9.17) is 0 Å². The smallest absolute Gasteiger partial charge is 0.338 e. The number of fused-ring (bicyclic) bond motifs is 1. The Morgan fingerprint density at radius 1 is 1.17 bits per heavy atom. The van der Waals surface area contributed by atoms with E-state index >= 15 is 0 Å². The minimum atomic E-state index is -0.771. The van der Waals surface area contributed by atoms with Crippen molar-refractivity contribution in [2.75, 3.05) is 12.4 Å². The normalized spacial score (nSPS) is 10.7. The summed E-state index contributed by atoms with van der Waals surface area (Å²) in [6.07, 6.45) is 0. The summed E-state index contributed by atoms with van der Waals surface area (Å²) in [5.41, 5.74) is 1.44. The van der Waals surface area contributed by atoms with Crippen LogP contribution in [0.3, 0.4) is 0 Å². The molecule has 0 fully saturated rings. The van der Waals surface area contributed by atoms with E-state index < -0.39 is 16.8 Å². The summed E-state index contributed by atoms with van der Waals surface area (Å²) in [4.78, 5) is 43.6. The maximum atomic E-state index is 12.7. The van der Waals surface area contributed by atoms with E-state index in [0.717, 1.165) is 41.0 Å². The Hall–Kier alpha value is -4.05. The Kier molecular flexibility index (Phi) is 4.98. The Morgan fingerprint density at radius 2 is 1.97 bits per heavy atom. The molecular formula is C20H14N4O5S. The number of hydrogen-bond donors (Lipinski definition) is 2. The number of nitrogens with one attached hydrogen (secondary N) is 2. The number of hydrogen-bond acceptors (Lipinski definition) is 7. The number of rotatable bonds is 5. The number of nitrogens with zero attached hydrogens (tertiary/aromatic N) is 2. The van der Waals surface area contributed by atoms with Gasteiger partial charge in [-0.2, -0.15) is 0 Å². The number of thiophene rings is 1. The Morgan fingerprint density at radius 3 is 2.67 bits per heavy atom. The standard InChI is InChI=1S/C20H14N4O5S/c1-29-20(26)12-7-11(8-14(9-12)24(27)28)19(25)21-13-4-5-15-16(10-13)23-18(22-15)17-3-2-6-30-17/h2-10H,1H3,(H,21,25)(H,22,23). The summed E-state index contributed by atoms with van der Waals surface area (Å²) < 4.78 is 4.60. The van der Waals surface area contributed by atoms with Gasteiger partial charge in [0, 0.05) is 23.4 Å². The van der Waals surface area contributed by atoms with Crippen molar-refractivity contribution in [3.63, 3.8) is 0 Å². The fourth-order valence-corrected chi connectivity index (χ4v) is 3.57. The zero-order valence-electron chi connectivity index (χ0n) is 15.5. The summed E-state index contributed by atoms with van der Waals surface area (Å²) >= 11 is 1.56. The molecule has 0 aliphatic carbocycles. The molecule has 2 aromatic heterocycles. The molecule has 4 aromatic rings. The number of imidazole rings is 1. The van der Waals surface area contributed by atoms with Gasteiger partial charge in [0.1, 0.15) is 5.82 Å². The van der Waals surface area contributed by atoms with Crippen LogP contribution in [0.4, 0.5) is 11.4 Å². The van der Waals surface area contributed by atoms with Crippen LogP contribution in [-0.4, -0.2) is 33.9 Å². The fraction of sp³-hybridized carbons (Fsp3) is 0.0500. The van der Waals surface area contributed by atoms with E-state index in [1.807, 2.05) is 17.5 Å². The average Bonchev–Trinajstić information content (AvgIpc) is 3.42. The number of H-pyrrole nitrogens is 1. The van der Waals surface area contributed by atoms with Gasteiger partial charge in [0.25, 0.3) is 11.6 Å². The lowest BCUT2D eigenvalue weighted by Crippen LogP contribution is -2.14. The monoisotopic (exact) mass is 422 g/mol. The van der Waals surface area contributed by atoms with Crippen LogP contribution in [0.2, 0.25) is 0 Å². The van der Waals surface area contributed by atoms with Crippen molar-refractivity contribution in [1.82, 2.24) is 9.97 Å². The number of esters is 1. The fourth-order valence-electron chi connectivity index (χ4n) is 2.90. The Labute approximate surface area is 173 Å². The van der Waals surface area contributed by atoms with Crippen LogP contribution in [0.15, 0.2) is 53.9 Å². The number of amides is 1. The van der Waals surface area contributed by atoms with Crippen LogP contribution < -0.4 is 5.32 Å². The third kappa shape index (κ3) is 3.76. The highest BCUT2D eigenvalue weighted by molar-refractivity contribution is 7.13. The van der Waals surface area contributed by atoms with Crippen molar-refractivity contribution in [2.24, 2.45) is 0 Å². The topological polar surface area (TPSA) is 127 Å². The molecule has 0 aliphatic rings. The molecule has 0 aliphatic heterocycles. The van der Waals surface area contributed by atoms with E-state index in [9.17, 15) is 19.7 Å². The van der Waals surface area contributed by atoms with E-state index in [2.05, 4.69) is 20.0 Å². The summed E-state index contributed by atoms with van der Waals surface area (Å²) in [6, 6.07) is 12.4. The minimum Gasteiger partial charge on any atom is -0.465 e. The number of aromatic amines is 1. The summed E-state index contributed by atoms with van der Waals surface area (Å²) in [5.74, 6) is -0.640. The first-order valence-corrected chi connectivity index (χ1v) is 9.55. The van der Waals surface area contributed by atoms with Gasteiger partial charge in [-0.25, -0.2) is 9.78 Å². The Balaban J connectivity index is 1.63. The number of carbonyl (C=O) groups excluding carboxylic acids is 2. The molecule has 0 radical (unpaired) electrons. The van der Waals surface area contributed by atoms with Crippen LogP contribution in [0.1, 0.15) is 20.7 Å². The van der Waals surface area contributed by atoms with Gasteiger partial charge >= 0.3 is 5.97 Å². The van der Waals surface area contributed by atoms with E-state index in [1.54, 1.807) is 29.5 Å². The van der Waals surface area contributed by atoms with Gasteiger partial charge in [0.15, 0.2) is 0 Å². The predicted octanol–water partition coefficient (Wildman–Crippen LogP) is 4.24. The first-order chi connectivity index (χ1) is 14.4. The maximum absolute atomic E-state index is 12.7. The first-order valence-electron chi connectivity index (χ1n) is 8.67. The van der Waals surface area contributed by atoms with Crippen molar-refractivity contribution in [2.45, 2.75) is 0 Å². The van der Waals surface area contributed by atoms with Crippen molar-refractivity contribution in [1.29, 1.82) is 0 Å². The highest BCUT2D eigenvalue weighted by Crippen LogP contribution is 2.26. The van der Waals surface area contributed by atoms with Crippen molar-refractivity contribution >= 4 is 45.6 Å². The molecule has 0 atom stereocenters. The molecule has 2 N–H and O–H groups in total. The summed E-state index contributed by atoms with van der Waals surface area (Å²) in [5, 5.41) is 15.8. The molecule has 2 aromatic carbocycles. The number of carbonyl (C=O) groups is 2. The molecule has 30 heavy (non-hydrogen) atoms. The van der Waals surface area contributed by atoms with Crippen LogP contribution in [0, 0.1) is 10.1 Å². The van der Waals surface area contributed by atoms with E-state index in [0.29, 0.717) is 5.69 Å². The maximum Gasteiger partial charge on any atom is 0.338 e. The van der Waals surface area contributed by atoms with Crippen molar-refractivity contribution in [3.05, 3.63) is 75.2 Å². The number of nitro groups is 1. The highest BCUT2D eigenvalue weighted by Gasteiger charge is 2.19. The third-order valence-corrected chi connectivity index (χ3v) is 5.18. The van der Waals surface area contributed by atoms with Crippen molar-refractivity contribution in [3.8, 4) is 10.7 Å². The molecular weight excluding hydrogens is 408 g/mol. The molecule has 0 spiro atoms. The predicted molar refractivity (Wildman–Crippen MR) is 112 cm³/mol. The lowest BCUT2D eigenvalue weighted by molar-refractivity contribution is -0.384. The zero-order valence-corrected chi connectivity index (χ0v) is 16.4. The number of ether oxygens (including phenoxy) is 1. The van der Waals surface area contributed by atoms with Gasteiger partial charge in [-0.1, -0.05) is 6.07 Å². The van der Waals surface area contributed by atoms with Crippen molar-refractivity contribution < 1.29 is 19.2 Å². The third-order valence-electron chi connectivity index (χ3n) is 4.31. The van der Waals surface area contributed by atoms with Gasteiger partial charge < -0.3 is 15.0 Å². The average molecular weight is 422 g/mol. The highest BCUT2D eigenvalue weighted by atomic mass is 32.1. The van der Waals surface area contributed by atoms with Gasteiger partial charge in [0.2, 0.25) is 0 Å². The Bertz CT molecular complexity index is 1280. The minimum absolute atomic E-state index is 0.0337. The lowest BCUT2D eigenvalue weighted by atomic mass is 10.1. The number of benzene rings is 2. The molecule has 0 saturated heterocycles. The van der Waals surface area contributed by atoms with Gasteiger partial charge in [-0.15, -0.1) is 11.3 Å². The van der Waals surface area contributed by atoms with Crippen LogP contribution in [0.5, 0.6) is 0 Å². The first kappa shape index (κ1) is 19.3. The van der Waals surface area contributed by atoms with Gasteiger partial charge in [-0.3, -0.25) is 14.9 Å². The lowest BCUT2D eigenvalue weighted by Gasteiger charge is -2.07. The largest absolute Gasteiger partial charge is 0.465 e. The second-order valence-electron chi connectivity index (χ2n) is 6.27. The number of non-ortho nitro benzene ring substituents is 1. The molecule has 0 bridgehead atoms. The van der Waals surface area contributed by atoms with Gasteiger partial charge in [0.05, 0.1) is 33.5 Å². The van der Waals surface area contributed by atoms with E-state index in [-0.39, 0.29) is 16.8 Å².